The molecule has 41 heavy (non-hydrogen) atoms. The Hall–Kier alpha value is -2.73. The predicted octanol–water partition coefficient (Wildman–Crippen LogP) is 5.33. The molecule has 0 radical (unpaired) electrons. The second kappa shape index (κ2) is 8.89. The zero-order valence-corrected chi connectivity index (χ0v) is 24.3. The van der Waals surface area contributed by atoms with E-state index in [4.69, 9.17) is 27.6 Å². The largest absolute Gasteiger partial charge is 0.444 e. The van der Waals surface area contributed by atoms with Gasteiger partial charge in [-0.25, -0.2) is 13.6 Å². The number of ketones is 1. The van der Waals surface area contributed by atoms with Crippen LogP contribution in [0.4, 0.5) is 14.5 Å². The summed E-state index contributed by atoms with van der Waals surface area (Å²) in [6.45, 7) is 6.86. The van der Waals surface area contributed by atoms with Gasteiger partial charge in [-0.3, -0.25) is 14.7 Å². The number of carbonyl (C=O) groups excluding carboxylic acids is 2. The fraction of sp³-hybridized carbons (Fsp3) is 0.562. The van der Waals surface area contributed by atoms with Crippen LogP contribution in [0.3, 0.4) is 0 Å². The highest BCUT2D eigenvalue weighted by atomic mass is 35.5. The van der Waals surface area contributed by atoms with Gasteiger partial charge in [0.1, 0.15) is 6.17 Å². The molecule has 1 saturated heterocycles. The van der Waals surface area contributed by atoms with Crippen molar-refractivity contribution in [2.45, 2.75) is 76.1 Å². The average Bonchev–Trinajstić information content (AvgIpc) is 3.41. The third kappa shape index (κ3) is 3.61. The van der Waals surface area contributed by atoms with Gasteiger partial charge in [-0.15, -0.1) is 6.42 Å². The Labute approximate surface area is 243 Å². The number of halogens is 3. The van der Waals surface area contributed by atoms with Gasteiger partial charge in [0, 0.05) is 27.7 Å². The van der Waals surface area contributed by atoms with Crippen molar-refractivity contribution in [1.29, 1.82) is 0 Å². The minimum absolute atomic E-state index is 0.0552. The van der Waals surface area contributed by atoms with E-state index in [1.165, 1.54) is 18.2 Å². The van der Waals surface area contributed by atoms with Crippen molar-refractivity contribution >= 4 is 29.0 Å². The number of hydrogen-bond donors (Lipinski definition) is 1. The Morgan fingerprint density at radius 1 is 1.24 bits per heavy atom. The van der Waals surface area contributed by atoms with Crippen LogP contribution in [-0.4, -0.2) is 52.6 Å². The van der Waals surface area contributed by atoms with Gasteiger partial charge in [-0.1, -0.05) is 30.5 Å². The first-order chi connectivity index (χ1) is 19.1. The highest BCUT2D eigenvalue weighted by molar-refractivity contribution is 6.30. The molecule has 1 aromatic rings. The second-order valence-corrected chi connectivity index (χ2v) is 13.6. The Balaban J connectivity index is 1.46. The van der Waals surface area contributed by atoms with Gasteiger partial charge in [-0.2, -0.15) is 0 Å². The first kappa shape index (κ1) is 28.4. The van der Waals surface area contributed by atoms with Gasteiger partial charge >= 0.3 is 5.97 Å². The number of alkyl halides is 2. The van der Waals surface area contributed by atoms with E-state index in [-0.39, 0.29) is 25.0 Å². The highest BCUT2D eigenvalue weighted by Gasteiger charge is 2.80. The lowest BCUT2D eigenvalue weighted by atomic mass is 9.44. The number of benzene rings is 1. The molecule has 1 heterocycles. The fourth-order valence-corrected chi connectivity index (χ4v) is 8.81. The van der Waals surface area contributed by atoms with Crippen LogP contribution in [0, 0.1) is 40.9 Å². The number of hydrogen-bond acceptors (Lipinski definition) is 6. The number of ether oxygens (including phenoxy) is 1. The Morgan fingerprint density at radius 3 is 2.59 bits per heavy atom. The van der Waals surface area contributed by atoms with Crippen LogP contribution in [0.5, 0.6) is 0 Å². The summed E-state index contributed by atoms with van der Waals surface area (Å²) in [4.78, 5) is 33.0. The van der Waals surface area contributed by atoms with Crippen molar-refractivity contribution in [1.82, 2.24) is 0 Å². The summed E-state index contributed by atoms with van der Waals surface area (Å²) >= 11 is 6.09. The van der Waals surface area contributed by atoms with E-state index >= 15 is 8.78 Å². The van der Waals surface area contributed by atoms with Gasteiger partial charge in [-0.05, 0) is 87.9 Å². The van der Waals surface area contributed by atoms with E-state index in [9.17, 15) is 14.7 Å². The van der Waals surface area contributed by atoms with Crippen molar-refractivity contribution in [2.24, 2.45) is 28.6 Å². The molecular weight excluding hydrogens is 552 g/mol. The van der Waals surface area contributed by atoms with Gasteiger partial charge in [0.05, 0.1) is 18.3 Å². The molecule has 1 aliphatic heterocycles. The van der Waals surface area contributed by atoms with Crippen LogP contribution in [0.1, 0.15) is 47.0 Å². The standard InChI is InChI=1S/C32H34ClF2NO5/c1-6-28(2,3)40-27(39)32-18(17-36(41-32)20-9-7-19(33)8-10-20)13-22-23-15-25(34)24-14-21(37)11-12-29(24,4)31(23,35)26(38)16-30(22,32)5/h1,7-12,14,18,22-23,25-26,38H,13,15-17H2,2-5H3. The lowest BCUT2D eigenvalue weighted by molar-refractivity contribution is -0.238. The van der Waals surface area contributed by atoms with E-state index in [1.807, 2.05) is 6.92 Å². The minimum atomic E-state index is -2.26. The molecule has 0 bridgehead atoms. The zero-order valence-electron chi connectivity index (χ0n) is 23.5. The topological polar surface area (TPSA) is 76.1 Å². The zero-order chi connectivity index (χ0) is 29.8. The molecule has 5 aliphatic rings. The molecule has 0 amide bonds. The molecule has 218 valence electrons. The van der Waals surface area contributed by atoms with E-state index < -0.39 is 69.5 Å². The molecule has 0 aromatic heterocycles. The second-order valence-electron chi connectivity index (χ2n) is 13.2. The molecule has 1 aromatic carbocycles. The number of aliphatic hydroxyl groups excluding tert-OH is 1. The Bertz CT molecular complexity index is 1420. The maximum absolute atomic E-state index is 17.6. The van der Waals surface area contributed by atoms with Gasteiger partial charge < -0.3 is 9.84 Å². The molecule has 9 atom stereocenters. The SMILES string of the molecule is C#CC(C)(C)OC(=O)C12ON(c3ccc(Cl)cc3)CC1CC1C3CC(F)C4=CC(=O)C=CC4(C)C3(F)C(O)CC12C. The molecule has 9 unspecified atom stereocenters. The molecule has 9 heteroatoms. The molecule has 6 rings (SSSR count). The predicted molar refractivity (Wildman–Crippen MR) is 149 cm³/mol. The van der Waals surface area contributed by atoms with Crippen LogP contribution in [0.15, 0.2) is 48.1 Å². The lowest BCUT2D eigenvalue weighted by Gasteiger charge is -2.63. The lowest BCUT2D eigenvalue weighted by Crippen LogP contribution is -2.70. The maximum atomic E-state index is 17.6. The van der Waals surface area contributed by atoms with Gasteiger partial charge in [0.15, 0.2) is 17.1 Å². The summed E-state index contributed by atoms with van der Waals surface area (Å²) < 4.78 is 39.3. The van der Waals surface area contributed by atoms with E-state index in [0.29, 0.717) is 17.1 Å². The van der Waals surface area contributed by atoms with Crippen LogP contribution in [0.25, 0.3) is 0 Å². The van der Waals surface area contributed by atoms with Gasteiger partial charge in [0.2, 0.25) is 5.60 Å². The van der Waals surface area contributed by atoms with Crippen molar-refractivity contribution < 1.29 is 33.1 Å². The van der Waals surface area contributed by atoms with Crippen molar-refractivity contribution in [3.05, 3.63) is 53.1 Å². The molecule has 6 nitrogen and oxygen atoms in total. The number of anilines is 1. The van der Waals surface area contributed by atoms with E-state index in [0.717, 1.165) is 0 Å². The summed E-state index contributed by atoms with van der Waals surface area (Å²) in [7, 11) is 0. The van der Waals surface area contributed by atoms with Crippen LogP contribution in [0.2, 0.25) is 5.02 Å². The maximum Gasteiger partial charge on any atom is 0.343 e. The fourth-order valence-electron chi connectivity index (χ4n) is 8.69. The molecule has 0 spiro atoms. The smallest absolute Gasteiger partial charge is 0.343 e. The van der Waals surface area contributed by atoms with Crippen LogP contribution in [-0.2, 0) is 19.2 Å². The summed E-state index contributed by atoms with van der Waals surface area (Å²) in [6, 6.07) is 6.97. The Kier molecular flexibility index (Phi) is 6.16. The summed E-state index contributed by atoms with van der Waals surface area (Å²) in [6.07, 6.45) is 6.31. The highest BCUT2D eigenvalue weighted by Crippen LogP contribution is 2.73. The molecule has 4 aliphatic carbocycles. The number of allylic oxidation sites excluding steroid dienone is 4. The summed E-state index contributed by atoms with van der Waals surface area (Å²) in [5, 5.41) is 13.9. The third-order valence-electron chi connectivity index (χ3n) is 10.7. The number of terminal acetylenes is 1. The van der Waals surface area contributed by atoms with Crippen molar-refractivity contribution in [3.8, 4) is 12.3 Å². The Morgan fingerprint density at radius 2 is 1.93 bits per heavy atom. The van der Waals surface area contributed by atoms with Crippen LogP contribution < -0.4 is 5.06 Å². The molecular formula is C32H34ClF2NO5. The van der Waals surface area contributed by atoms with E-state index in [2.05, 4.69) is 5.92 Å². The number of aliphatic hydroxyl groups is 1. The van der Waals surface area contributed by atoms with E-state index in [1.54, 1.807) is 50.1 Å². The average molecular weight is 586 g/mol. The first-order valence-electron chi connectivity index (χ1n) is 14.0. The third-order valence-corrected chi connectivity index (χ3v) is 11.0. The number of carbonyl (C=O) groups is 2. The molecule has 3 saturated carbocycles. The van der Waals surface area contributed by atoms with Crippen LogP contribution >= 0.6 is 11.6 Å². The molecule has 4 fully saturated rings. The van der Waals surface area contributed by atoms with Crippen molar-refractivity contribution in [2.75, 3.05) is 11.6 Å². The first-order valence-corrected chi connectivity index (χ1v) is 14.4. The number of esters is 1. The molecule has 1 N–H and O–H groups in total. The number of fused-ring (bicyclic) bond motifs is 7. The van der Waals surface area contributed by atoms with Crippen molar-refractivity contribution in [3.63, 3.8) is 0 Å². The normalized spacial score (nSPS) is 42.9. The number of rotatable bonds is 3. The summed E-state index contributed by atoms with van der Waals surface area (Å²) in [5.74, 6) is -0.547. The van der Waals surface area contributed by atoms with Gasteiger partial charge in [0.25, 0.3) is 0 Å². The number of nitrogens with zero attached hydrogens (tertiary/aromatic N) is 1. The minimum Gasteiger partial charge on any atom is -0.444 e. The number of hydroxylamine groups is 1. The summed E-state index contributed by atoms with van der Waals surface area (Å²) in [5.41, 5.74) is -7.05. The monoisotopic (exact) mass is 585 g/mol. The quantitative estimate of drug-likeness (QED) is 0.382.